The van der Waals surface area contributed by atoms with Crippen LogP contribution < -0.4 is 4.74 Å². The fourth-order valence-corrected chi connectivity index (χ4v) is 2.47. The summed E-state index contributed by atoms with van der Waals surface area (Å²) >= 11 is 1.60. The Morgan fingerprint density at radius 3 is 2.86 bits per heavy atom. The van der Waals surface area contributed by atoms with Crippen molar-refractivity contribution in [2.75, 3.05) is 7.11 Å². The number of benzene rings is 1. The quantitative estimate of drug-likeness (QED) is 0.822. The molecule has 1 aromatic carbocycles. The van der Waals surface area contributed by atoms with E-state index in [1.54, 1.807) is 18.4 Å². The van der Waals surface area contributed by atoms with E-state index in [0.29, 0.717) is 0 Å². The molecule has 0 aliphatic carbocycles. The van der Waals surface area contributed by atoms with E-state index >= 15 is 0 Å². The van der Waals surface area contributed by atoms with E-state index in [4.69, 9.17) is 4.74 Å². The molecule has 2 aromatic rings. The fourth-order valence-electron chi connectivity index (χ4n) is 1.57. The van der Waals surface area contributed by atoms with Crippen LogP contribution in [0, 0.1) is 6.92 Å². The van der Waals surface area contributed by atoms with Crippen molar-refractivity contribution in [2.24, 2.45) is 0 Å². The average Bonchev–Trinajstić information content (AvgIpc) is 2.60. The molecule has 1 heterocycles. The van der Waals surface area contributed by atoms with Gasteiger partial charge in [0.2, 0.25) is 0 Å². The first-order valence-electron chi connectivity index (χ1n) is 4.43. The number of ether oxygens (including phenoxy) is 1. The molecule has 1 aromatic heterocycles. The van der Waals surface area contributed by atoms with Crippen molar-refractivity contribution in [3.05, 3.63) is 29.3 Å². The Hall–Kier alpha value is -1.06. The van der Waals surface area contributed by atoms with Crippen molar-refractivity contribution in [3.63, 3.8) is 0 Å². The maximum Gasteiger partial charge on any atom is 0.174 e. The van der Waals surface area contributed by atoms with Gasteiger partial charge in [0.15, 0.2) is 5.06 Å². The molecular weight excluding hydrogens is 196 g/mol. The van der Waals surface area contributed by atoms with Gasteiger partial charge in [-0.05, 0) is 30.2 Å². The Labute approximate surface area is 86.8 Å². The van der Waals surface area contributed by atoms with Crippen LogP contribution in [-0.2, 0) is 6.61 Å². The predicted octanol–water partition coefficient (Wildman–Crippen LogP) is 2.71. The van der Waals surface area contributed by atoms with E-state index in [-0.39, 0.29) is 6.61 Å². The van der Waals surface area contributed by atoms with E-state index in [1.807, 2.05) is 19.1 Å². The van der Waals surface area contributed by atoms with Gasteiger partial charge < -0.3 is 9.84 Å². The van der Waals surface area contributed by atoms with Crippen LogP contribution >= 0.6 is 11.3 Å². The van der Waals surface area contributed by atoms with Gasteiger partial charge in [0, 0.05) is 10.1 Å². The molecule has 0 bridgehead atoms. The summed E-state index contributed by atoms with van der Waals surface area (Å²) in [5, 5.41) is 11.3. The van der Waals surface area contributed by atoms with Crippen LogP contribution in [0.2, 0.25) is 0 Å². The van der Waals surface area contributed by atoms with Crippen LogP contribution in [0.25, 0.3) is 10.1 Å². The summed E-state index contributed by atoms with van der Waals surface area (Å²) in [5.41, 5.74) is 2.13. The lowest BCUT2D eigenvalue weighted by Crippen LogP contribution is -1.88. The molecule has 0 saturated heterocycles. The highest BCUT2D eigenvalue weighted by Gasteiger charge is 2.07. The summed E-state index contributed by atoms with van der Waals surface area (Å²) in [6.45, 7) is 2.10. The normalized spacial score (nSPS) is 10.8. The summed E-state index contributed by atoms with van der Waals surface area (Å²) in [6, 6.07) is 6.08. The molecule has 3 heteroatoms. The number of hydrogen-bond acceptors (Lipinski definition) is 3. The minimum absolute atomic E-state index is 0.0864. The molecule has 0 fully saturated rings. The molecule has 2 rings (SSSR count). The Morgan fingerprint density at radius 1 is 1.43 bits per heavy atom. The van der Waals surface area contributed by atoms with E-state index < -0.39 is 0 Å². The second-order valence-corrected chi connectivity index (χ2v) is 4.25. The highest BCUT2D eigenvalue weighted by atomic mass is 32.1. The lowest BCUT2D eigenvalue weighted by atomic mass is 10.1. The van der Waals surface area contributed by atoms with E-state index in [1.165, 1.54) is 0 Å². The number of fused-ring (bicyclic) bond motifs is 1. The topological polar surface area (TPSA) is 29.5 Å². The van der Waals surface area contributed by atoms with Crippen LogP contribution in [-0.4, -0.2) is 12.2 Å². The van der Waals surface area contributed by atoms with Crippen LogP contribution in [0.15, 0.2) is 18.2 Å². The van der Waals surface area contributed by atoms with Crippen molar-refractivity contribution < 1.29 is 9.84 Å². The molecule has 0 unspecified atom stereocenters. The largest absolute Gasteiger partial charge is 0.487 e. The summed E-state index contributed by atoms with van der Waals surface area (Å²) in [5.74, 6) is 0. The molecule has 14 heavy (non-hydrogen) atoms. The van der Waals surface area contributed by atoms with Gasteiger partial charge >= 0.3 is 0 Å². The third-order valence-corrected chi connectivity index (χ3v) is 3.44. The Balaban J connectivity index is 2.73. The van der Waals surface area contributed by atoms with Crippen LogP contribution in [0.5, 0.6) is 5.06 Å². The molecule has 1 N–H and O–H groups in total. The number of rotatable bonds is 2. The van der Waals surface area contributed by atoms with Crippen LogP contribution in [0.3, 0.4) is 0 Å². The van der Waals surface area contributed by atoms with Crippen molar-refractivity contribution in [1.82, 2.24) is 0 Å². The lowest BCUT2D eigenvalue weighted by Gasteiger charge is -2.02. The molecular formula is C11H12O2S. The smallest absolute Gasteiger partial charge is 0.174 e. The third kappa shape index (κ3) is 1.38. The van der Waals surface area contributed by atoms with Gasteiger partial charge in [-0.15, -0.1) is 0 Å². The summed E-state index contributed by atoms with van der Waals surface area (Å²) in [4.78, 5) is 0. The van der Waals surface area contributed by atoms with Crippen molar-refractivity contribution in [3.8, 4) is 5.06 Å². The molecule has 0 spiro atoms. The predicted molar refractivity (Wildman–Crippen MR) is 59.0 cm³/mol. The molecule has 0 amide bonds. The second kappa shape index (κ2) is 3.59. The Kier molecular flexibility index (Phi) is 2.44. The Bertz CT molecular complexity index is 460. The Morgan fingerprint density at radius 2 is 2.21 bits per heavy atom. The first-order chi connectivity index (χ1) is 6.76. The zero-order valence-corrected chi connectivity index (χ0v) is 9.02. The van der Waals surface area contributed by atoms with Gasteiger partial charge in [-0.3, -0.25) is 0 Å². The van der Waals surface area contributed by atoms with Crippen LogP contribution in [0.4, 0.5) is 0 Å². The standard InChI is InChI=1S/C11H12O2S/c1-7-3-4-10-8(9(7)6-12)5-11(13-2)14-10/h3-5,12H,6H2,1-2H3. The minimum Gasteiger partial charge on any atom is -0.487 e. The number of aliphatic hydroxyl groups excluding tert-OH is 1. The maximum atomic E-state index is 9.26. The summed E-state index contributed by atoms with van der Waals surface area (Å²) in [7, 11) is 1.66. The highest BCUT2D eigenvalue weighted by Crippen LogP contribution is 2.34. The molecule has 0 saturated carbocycles. The summed E-state index contributed by atoms with van der Waals surface area (Å²) < 4.78 is 6.34. The van der Waals surface area contributed by atoms with Crippen LogP contribution in [0.1, 0.15) is 11.1 Å². The molecule has 0 atom stereocenters. The highest BCUT2D eigenvalue weighted by molar-refractivity contribution is 7.20. The SMILES string of the molecule is COc1cc2c(CO)c(C)ccc2s1. The van der Waals surface area contributed by atoms with Gasteiger partial charge in [0.1, 0.15) is 0 Å². The average molecular weight is 208 g/mol. The van der Waals surface area contributed by atoms with Gasteiger partial charge in [-0.25, -0.2) is 0 Å². The molecule has 0 aliphatic heterocycles. The number of thiophene rings is 1. The van der Waals surface area contributed by atoms with Crippen molar-refractivity contribution in [1.29, 1.82) is 0 Å². The van der Waals surface area contributed by atoms with Crippen molar-refractivity contribution >= 4 is 21.4 Å². The second-order valence-electron chi connectivity index (χ2n) is 3.20. The maximum absolute atomic E-state index is 9.26. The monoisotopic (exact) mass is 208 g/mol. The third-order valence-electron chi connectivity index (χ3n) is 2.38. The number of hydrogen-bond donors (Lipinski definition) is 1. The zero-order chi connectivity index (χ0) is 10.1. The first-order valence-corrected chi connectivity index (χ1v) is 5.24. The fraction of sp³-hybridized carbons (Fsp3) is 0.273. The minimum atomic E-state index is 0.0864. The summed E-state index contributed by atoms with van der Waals surface area (Å²) in [6.07, 6.45) is 0. The van der Waals surface area contributed by atoms with Gasteiger partial charge in [0.05, 0.1) is 13.7 Å². The van der Waals surface area contributed by atoms with E-state index in [0.717, 1.165) is 26.3 Å². The van der Waals surface area contributed by atoms with Crippen molar-refractivity contribution in [2.45, 2.75) is 13.5 Å². The number of aryl methyl sites for hydroxylation is 1. The number of methoxy groups -OCH3 is 1. The number of aliphatic hydroxyl groups is 1. The molecule has 2 nitrogen and oxygen atoms in total. The van der Waals surface area contributed by atoms with Gasteiger partial charge in [-0.1, -0.05) is 17.4 Å². The molecule has 0 aliphatic rings. The van der Waals surface area contributed by atoms with Gasteiger partial charge in [-0.2, -0.15) is 0 Å². The molecule has 0 radical (unpaired) electrons. The zero-order valence-electron chi connectivity index (χ0n) is 8.20. The van der Waals surface area contributed by atoms with E-state index in [9.17, 15) is 5.11 Å². The van der Waals surface area contributed by atoms with E-state index in [2.05, 4.69) is 6.07 Å². The lowest BCUT2D eigenvalue weighted by molar-refractivity contribution is 0.282. The first kappa shape index (κ1) is 9.49. The van der Waals surface area contributed by atoms with Gasteiger partial charge in [0.25, 0.3) is 0 Å². The molecule has 74 valence electrons.